The lowest BCUT2D eigenvalue weighted by Crippen LogP contribution is -2.28. The van der Waals surface area contributed by atoms with Crippen LogP contribution in [0, 0.1) is 5.92 Å². The highest BCUT2D eigenvalue weighted by atomic mass is 15.2. The van der Waals surface area contributed by atoms with Gasteiger partial charge in [-0.15, -0.1) is 0 Å². The number of nitrogens with zero attached hydrogens (tertiary/aromatic N) is 1. The molecular formula is C17H24N2. The summed E-state index contributed by atoms with van der Waals surface area (Å²) in [5.74, 6) is 1.01. The molecule has 19 heavy (non-hydrogen) atoms. The number of rotatable bonds is 5. The van der Waals surface area contributed by atoms with Crippen LogP contribution in [-0.4, -0.2) is 24.0 Å². The van der Waals surface area contributed by atoms with E-state index in [2.05, 4.69) is 28.4 Å². The van der Waals surface area contributed by atoms with Crippen LogP contribution in [0.25, 0.3) is 0 Å². The monoisotopic (exact) mass is 256 g/mol. The first-order valence-electron chi connectivity index (χ1n) is 7.99. The smallest absolute Gasteiger partial charge is 0.0375 e. The van der Waals surface area contributed by atoms with Crippen molar-refractivity contribution < 1.29 is 0 Å². The van der Waals surface area contributed by atoms with E-state index in [1.807, 2.05) is 0 Å². The van der Waals surface area contributed by atoms with E-state index in [1.54, 1.807) is 11.1 Å². The molecule has 102 valence electrons. The lowest BCUT2D eigenvalue weighted by Gasteiger charge is -2.26. The predicted molar refractivity (Wildman–Crippen MR) is 79.4 cm³/mol. The van der Waals surface area contributed by atoms with Crippen LogP contribution in [0.1, 0.15) is 43.2 Å². The van der Waals surface area contributed by atoms with Gasteiger partial charge in [0.25, 0.3) is 0 Å². The van der Waals surface area contributed by atoms with E-state index < -0.39 is 0 Å². The molecule has 0 spiro atoms. The molecule has 0 aromatic heterocycles. The number of anilines is 1. The SMILES string of the molecule is c1cc(CN(CC2CC2)C2CC2)c2c(c1)NCCC2. The summed E-state index contributed by atoms with van der Waals surface area (Å²) >= 11 is 0. The van der Waals surface area contributed by atoms with Crippen molar-refractivity contribution in [2.24, 2.45) is 5.92 Å². The lowest BCUT2D eigenvalue weighted by molar-refractivity contribution is 0.243. The molecule has 0 radical (unpaired) electrons. The van der Waals surface area contributed by atoms with E-state index in [9.17, 15) is 0 Å². The van der Waals surface area contributed by atoms with Gasteiger partial charge in [-0.25, -0.2) is 0 Å². The van der Waals surface area contributed by atoms with Gasteiger partial charge in [0, 0.05) is 31.4 Å². The quantitative estimate of drug-likeness (QED) is 0.868. The zero-order chi connectivity index (χ0) is 12.7. The van der Waals surface area contributed by atoms with Crippen molar-refractivity contribution in [2.45, 2.75) is 51.1 Å². The largest absolute Gasteiger partial charge is 0.385 e. The third-order valence-corrected chi connectivity index (χ3v) is 4.82. The van der Waals surface area contributed by atoms with Crippen LogP contribution in [-0.2, 0) is 13.0 Å². The highest BCUT2D eigenvalue weighted by molar-refractivity contribution is 5.56. The average Bonchev–Trinajstić information content (AvgIpc) is 3.31. The third-order valence-electron chi connectivity index (χ3n) is 4.82. The van der Waals surface area contributed by atoms with Crippen molar-refractivity contribution in [3.63, 3.8) is 0 Å². The standard InChI is InChI=1S/C17H24N2/c1-3-14(16-4-2-10-18-17(16)5-1)12-19(15-8-9-15)11-13-6-7-13/h1,3,5,13,15,18H,2,4,6-12H2. The first-order valence-corrected chi connectivity index (χ1v) is 7.99. The summed E-state index contributed by atoms with van der Waals surface area (Å²) in [6, 6.07) is 7.73. The molecule has 2 saturated carbocycles. The maximum atomic E-state index is 3.56. The normalized spacial score (nSPS) is 22.2. The molecule has 0 amide bonds. The first kappa shape index (κ1) is 11.8. The van der Waals surface area contributed by atoms with E-state index in [0.717, 1.165) is 18.5 Å². The number of hydrogen-bond donors (Lipinski definition) is 1. The molecule has 2 heteroatoms. The van der Waals surface area contributed by atoms with Crippen LogP contribution >= 0.6 is 0 Å². The number of nitrogens with one attached hydrogen (secondary N) is 1. The van der Waals surface area contributed by atoms with Crippen LogP contribution in [0.15, 0.2) is 18.2 Å². The Bertz CT molecular complexity index is 460. The summed E-state index contributed by atoms with van der Waals surface area (Å²) in [6.07, 6.45) is 8.35. The Morgan fingerprint density at radius 1 is 1.16 bits per heavy atom. The highest BCUT2D eigenvalue weighted by Gasteiger charge is 2.33. The molecule has 0 saturated heterocycles. The lowest BCUT2D eigenvalue weighted by atomic mass is 9.97. The van der Waals surface area contributed by atoms with Crippen molar-refractivity contribution in [1.82, 2.24) is 4.90 Å². The molecule has 3 aliphatic rings. The molecule has 0 bridgehead atoms. The average molecular weight is 256 g/mol. The van der Waals surface area contributed by atoms with Gasteiger partial charge >= 0.3 is 0 Å². The van der Waals surface area contributed by atoms with E-state index in [0.29, 0.717) is 0 Å². The van der Waals surface area contributed by atoms with Gasteiger partial charge in [0.15, 0.2) is 0 Å². The van der Waals surface area contributed by atoms with E-state index in [1.165, 1.54) is 57.3 Å². The Morgan fingerprint density at radius 3 is 2.84 bits per heavy atom. The minimum atomic E-state index is 0.896. The molecule has 1 aromatic carbocycles. The van der Waals surface area contributed by atoms with Gasteiger partial charge in [-0.1, -0.05) is 12.1 Å². The van der Waals surface area contributed by atoms with Gasteiger partial charge in [-0.2, -0.15) is 0 Å². The summed E-state index contributed by atoms with van der Waals surface area (Å²) in [5, 5.41) is 3.56. The number of fused-ring (bicyclic) bond motifs is 1. The highest BCUT2D eigenvalue weighted by Crippen LogP contribution is 2.36. The molecule has 2 aliphatic carbocycles. The Hall–Kier alpha value is -1.02. The van der Waals surface area contributed by atoms with E-state index in [4.69, 9.17) is 0 Å². The zero-order valence-corrected chi connectivity index (χ0v) is 11.7. The molecule has 1 heterocycles. The van der Waals surface area contributed by atoms with Crippen molar-refractivity contribution in [1.29, 1.82) is 0 Å². The summed E-state index contributed by atoms with van der Waals surface area (Å²) < 4.78 is 0. The summed E-state index contributed by atoms with van der Waals surface area (Å²) in [4.78, 5) is 2.77. The second-order valence-electron chi connectivity index (χ2n) is 6.58. The molecule has 2 nitrogen and oxygen atoms in total. The summed E-state index contributed by atoms with van der Waals surface area (Å²) in [5.41, 5.74) is 4.57. The van der Waals surface area contributed by atoms with E-state index >= 15 is 0 Å². The fraction of sp³-hybridized carbons (Fsp3) is 0.647. The Balaban J connectivity index is 1.53. The van der Waals surface area contributed by atoms with Crippen molar-refractivity contribution in [2.75, 3.05) is 18.4 Å². The summed E-state index contributed by atoms with van der Waals surface area (Å²) in [6.45, 7) is 3.68. The van der Waals surface area contributed by atoms with Crippen LogP contribution in [0.3, 0.4) is 0 Å². The number of benzene rings is 1. The van der Waals surface area contributed by atoms with Gasteiger partial charge in [0.05, 0.1) is 0 Å². The van der Waals surface area contributed by atoms with Gasteiger partial charge in [-0.3, -0.25) is 4.90 Å². The Labute approximate surface area is 116 Å². The molecule has 1 N–H and O–H groups in total. The van der Waals surface area contributed by atoms with Gasteiger partial charge in [0.2, 0.25) is 0 Å². The van der Waals surface area contributed by atoms with E-state index in [-0.39, 0.29) is 0 Å². The Kier molecular flexibility index (Phi) is 2.99. The summed E-state index contributed by atoms with van der Waals surface area (Å²) in [7, 11) is 0. The molecule has 2 fully saturated rings. The van der Waals surface area contributed by atoms with Crippen LogP contribution < -0.4 is 5.32 Å². The van der Waals surface area contributed by atoms with Crippen LogP contribution in [0.2, 0.25) is 0 Å². The molecule has 1 aromatic rings. The molecule has 1 aliphatic heterocycles. The second-order valence-corrected chi connectivity index (χ2v) is 6.58. The van der Waals surface area contributed by atoms with Crippen LogP contribution in [0.5, 0.6) is 0 Å². The molecule has 0 atom stereocenters. The maximum absolute atomic E-state index is 3.56. The number of hydrogen-bond acceptors (Lipinski definition) is 2. The molecule has 0 unspecified atom stereocenters. The zero-order valence-electron chi connectivity index (χ0n) is 11.7. The van der Waals surface area contributed by atoms with Gasteiger partial charge < -0.3 is 5.32 Å². The molecule has 4 rings (SSSR count). The fourth-order valence-corrected chi connectivity index (χ4v) is 3.37. The van der Waals surface area contributed by atoms with Crippen LogP contribution in [0.4, 0.5) is 5.69 Å². The van der Waals surface area contributed by atoms with Crippen molar-refractivity contribution in [3.05, 3.63) is 29.3 Å². The third kappa shape index (κ3) is 2.64. The fourth-order valence-electron chi connectivity index (χ4n) is 3.37. The Morgan fingerprint density at radius 2 is 2.05 bits per heavy atom. The van der Waals surface area contributed by atoms with Crippen molar-refractivity contribution in [3.8, 4) is 0 Å². The topological polar surface area (TPSA) is 15.3 Å². The first-order chi connectivity index (χ1) is 9.40. The minimum absolute atomic E-state index is 0.896. The van der Waals surface area contributed by atoms with Gasteiger partial charge in [-0.05, 0) is 61.6 Å². The van der Waals surface area contributed by atoms with Crippen molar-refractivity contribution >= 4 is 5.69 Å². The maximum Gasteiger partial charge on any atom is 0.0375 e. The predicted octanol–water partition coefficient (Wildman–Crippen LogP) is 3.42. The minimum Gasteiger partial charge on any atom is -0.385 e. The molecular weight excluding hydrogens is 232 g/mol. The second kappa shape index (κ2) is 4.82. The van der Waals surface area contributed by atoms with Gasteiger partial charge in [0.1, 0.15) is 0 Å².